The molecule has 100 valence electrons. The lowest BCUT2D eigenvalue weighted by Gasteiger charge is -2.25. The van der Waals surface area contributed by atoms with Crippen molar-refractivity contribution >= 4 is 15.8 Å². The molecular weight excluding hydrogens is 244 g/mol. The van der Waals surface area contributed by atoms with Crippen LogP contribution in [0.15, 0.2) is 0 Å². The molecule has 0 bridgehead atoms. The lowest BCUT2D eigenvalue weighted by Crippen LogP contribution is -2.40. The summed E-state index contributed by atoms with van der Waals surface area (Å²) in [5, 5.41) is 7.66. The average Bonchev–Trinajstić information content (AvgIpc) is 2.15. The zero-order valence-electron chi connectivity index (χ0n) is 10.3. The Morgan fingerprint density at radius 1 is 1.41 bits per heavy atom. The zero-order chi connectivity index (χ0) is 13.1. The number of hydrogen-bond donors (Lipinski definition) is 1. The number of carboxylic acid groups (broad SMARTS) is 1. The molecule has 1 aliphatic heterocycles. The molecule has 0 aromatic rings. The summed E-state index contributed by atoms with van der Waals surface area (Å²) in [6.07, 6.45) is 2.25. The lowest BCUT2D eigenvalue weighted by molar-refractivity contribution is -0.137. The van der Waals surface area contributed by atoms with E-state index in [4.69, 9.17) is 9.84 Å². The minimum absolute atomic E-state index is 0.178. The molecule has 0 radical (unpaired) electrons. The maximum Gasteiger partial charge on any atom is 0.322 e. The fourth-order valence-corrected chi connectivity index (χ4v) is 4.28. The van der Waals surface area contributed by atoms with Gasteiger partial charge in [0, 0.05) is 6.61 Å². The molecule has 2 atom stereocenters. The summed E-state index contributed by atoms with van der Waals surface area (Å²) in [4.78, 5) is 11.0. The Bertz CT molecular complexity index is 354. The summed E-state index contributed by atoms with van der Waals surface area (Å²) in [6, 6.07) is 0. The first-order valence-corrected chi connectivity index (χ1v) is 7.62. The molecule has 1 saturated heterocycles. The number of ether oxygens (including phenoxy) is 1. The van der Waals surface area contributed by atoms with Gasteiger partial charge < -0.3 is 9.84 Å². The van der Waals surface area contributed by atoms with Gasteiger partial charge in [-0.25, -0.2) is 8.42 Å². The van der Waals surface area contributed by atoms with Crippen molar-refractivity contribution in [1.82, 2.24) is 0 Å². The normalized spacial score (nSPS) is 23.6. The quantitative estimate of drug-likeness (QED) is 0.803. The van der Waals surface area contributed by atoms with Crippen LogP contribution in [0.5, 0.6) is 0 Å². The fraction of sp³-hybridized carbons (Fsp3) is 0.909. The van der Waals surface area contributed by atoms with E-state index in [9.17, 15) is 13.2 Å². The molecule has 1 aliphatic rings. The van der Waals surface area contributed by atoms with E-state index >= 15 is 0 Å². The Hall–Kier alpha value is -0.620. The molecule has 1 fully saturated rings. The Labute approximate surface area is 102 Å². The molecular formula is C11H20O5S. The number of aliphatic carboxylic acids is 1. The third-order valence-electron chi connectivity index (χ3n) is 2.93. The molecule has 5 nitrogen and oxygen atoms in total. The van der Waals surface area contributed by atoms with Crippen molar-refractivity contribution in [3.63, 3.8) is 0 Å². The lowest BCUT2D eigenvalue weighted by atomic mass is 10.1. The molecule has 0 spiro atoms. The van der Waals surface area contributed by atoms with Crippen LogP contribution < -0.4 is 0 Å². The molecule has 0 aliphatic carbocycles. The molecule has 0 saturated carbocycles. The smallest absolute Gasteiger partial charge is 0.322 e. The molecule has 1 N–H and O–H groups in total. The molecule has 2 unspecified atom stereocenters. The average molecular weight is 264 g/mol. The van der Waals surface area contributed by atoms with Crippen LogP contribution in [0.25, 0.3) is 0 Å². The Morgan fingerprint density at radius 2 is 2.06 bits per heavy atom. The standard InChI is InChI=1S/C11H20O5S/c1-8(2)10(11(12)13)17(14,15)7-9-5-3-4-6-16-9/h8-10H,3-7H2,1-2H3,(H,12,13). The highest BCUT2D eigenvalue weighted by Crippen LogP contribution is 2.20. The highest BCUT2D eigenvalue weighted by molar-refractivity contribution is 7.92. The molecule has 6 heteroatoms. The summed E-state index contributed by atoms with van der Waals surface area (Å²) >= 11 is 0. The van der Waals surface area contributed by atoms with Crippen molar-refractivity contribution in [2.45, 2.75) is 44.5 Å². The molecule has 0 amide bonds. The summed E-state index contributed by atoms with van der Waals surface area (Å²) in [7, 11) is -3.65. The van der Waals surface area contributed by atoms with Crippen LogP contribution >= 0.6 is 0 Å². The molecule has 0 aromatic heterocycles. The predicted molar refractivity (Wildman–Crippen MR) is 63.6 cm³/mol. The van der Waals surface area contributed by atoms with Crippen LogP contribution in [-0.4, -0.2) is 43.2 Å². The van der Waals surface area contributed by atoms with Gasteiger partial charge in [-0.1, -0.05) is 13.8 Å². The van der Waals surface area contributed by atoms with Crippen molar-refractivity contribution in [3.05, 3.63) is 0 Å². The van der Waals surface area contributed by atoms with E-state index in [0.29, 0.717) is 13.0 Å². The first kappa shape index (κ1) is 14.4. The second-order valence-electron chi connectivity index (χ2n) is 4.82. The van der Waals surface area contributed by atoms with Crippen LogP contribution in [0, 0.1) is 5.92 Å². The van der Waals surface area contributed by atoms with Gasteiger partial charge in [-0.15, -0.1) is 0 Å². The highest BCUT2D eigenvalue weighted by atomic mass is 32.2. The topological polar surface area (TPSA) is 80.7 Å². The Kier molecular flexibility index (Phi) is 4.94. The van der Waals surface area contributed by atoms with Gasteiger partial charge in [0.1, 0.15) is 0 Å². The third kappa shape index (κ3) is 3.96. The first-order valence-electron chi connectivity index (χ1n) is 5.90. The minimum Gasteiger partial charge on any atom is -0.480 e. The molecule has 1 heterocycles. The SMILES string of the molecule is CC(C)C(C(=O)O)S(=O)(=O)CC1CCCCO1. The largest absolute Gasteiger partial charge is 0.480 e. The van der Waals surface area contributed by atoms with E-state index in [1.165, 1.54) is 0 Å². The predicted octanol–water partition coefficient (Wildman–Crippen LogP) is 1.08. The Morgan fingerprint density at radius 3 is 2.47 bits per heavy atom. The second kappa shape index (κ2) is 5.82. The van der Waals surface area contributed by atoms with E-state index in [1.807, 2.05) is 0 Å². The van der Waals surface area contributed by atoms with Gasteiger partial charge >= 0.3 is 5.97 Å². The maximum absolute atomic E-state index is 12.0. The van der Waals surface area contributed by atoms with Gasteiger partial charge in [0.25, 0.3) is 0 Å². The summed E-state index contributed by atoms with van der Waals surface area (Å²) < 4.78 is 29.4. The summed E-state index contributed by atoms with van der Waals surface area (Å²) in [6.45, 7) is 3.79. The van der Waals surface area contributed by atoms with Crippen LogP contribution in [0.3, 0.4) is 0 Å². The fourth-order valence-electron chi connectivity index (χ4n) is 2.16. The van der Waals surface area contributed by atoms with E-state index in [1.54, 1.807) is 13.8 Å². The van der Waals surface area contributed by atoms with Gasteiger partial charge in [-0.05, 0) is 25.2 Å². The van der Waals surface area contributed by atoms with Crippen molar-refractivity contribution in [2.75, 3.05) is 12.4 Å². The molecule has 1 rings (SSSR count). The minimum atomic E-state index is -3.65. The number of hydrogen-bond acceptors (Lipinski definition) is 4. The summed E-state index contributed by atoms with van der Waals surface area (Å²) in [5.41, 5.74) is 0. The number of sulfone groups is 1. The second-order valence-corrected chi connectivity index (χ2v) is 6.99. The third-order valence-corrected chi connectivity index (χ3v) is 5.28. The van der Waals surface area contributed by atoms with E-state index < -0.39 is 27.0 Å². The number of carbonyl (C=O) groups is 1. The van der Waals surface area contributed by atoms with Gasteiger partial charge in [0.2, 0.25) is 0 Å². The van der Waals surface area contributed by atoms with Gasteiger partial charge in [-0.3, -0.25) is 4.79 Å². The van der Waals surface area contributed by atoms with Crippen LogP contribution in [0.4, 0.5) is 0 Å². The Balaban J connectivity index is 2.74. The highest BCUT2D eigenvalue weighted by Gasteiger charge is 2.37. The van der Waals surface area contributed by atoms with E-state index in [0.717, 1.165) is 12.8 Å². The van der Waals surface area contributed by atoms with Gasteiger partial charge in [0.05, 0.1) is 11.9 Å². The van der Waals surface area contributed by atoms with Crippen LogP contribution in [0.2, 0.25) is 0 Å². The maximum atomic E-state index is 12.0. The van der Waals surface area contributed by atoms with Crippen molar-refractivity contribution in [1.29, 1.82) is 0 Å². The van der Waals surface area contributed by atoms with Crippen molar-refractivity contribution in [3.8, 4) is 0 Å². The number of rotatable bonds is 5. The van der Waals surface area contributed by atoms with Crippen LogP contribution in [0.1, 0.15) is 33.1 Å². The monoisotopic (exact) mass is 264 g/mol. The molecule has 0 aromatic carbocycles. The van der Waals surface area contributed by atoms with Crippen LogP contribution in [-0.2, 0) is 19.4 Å². The zero-order valence-corrected chi connectivity index (χ0v) is 11.1. The number of carboxylic acids is 1. The van der Waals surface area contributed by atoms with Crippen molar-refractivity contribution in [2.24, 2.45) is 5.92 Å². The molecule has 17 heavy (non-hydrogen) atoms. The van der Waals surface area contributed by atoms with Gasteiger partial charge in [0.15, 0.2) is 15.1 Å². The van der Waals surface area contributed by atoms with E-state index in [-0.39, 0.29) is 11.9 Å². The van der Waals surface area contributed by atoms with Crippen molar-refractivity contribution < 1.29 is 23.1 Å². The van der Waals surface area contributed by atoms with E-state index in [2.05, 4.69) is 0 Å². The van der Waals surface area contributed by atoms with Gasteiger partial charge in [-0.2, -0.15) is 0 Å². The summed E-state index contributed by atoms with van der Waals surface area (Å²) in [5.74, 6) is -1.88. The first-order chi connectivity index (χ1) is 7.84.